The highest BCUT2D eigenvalue weighted by molar-refractivity contribution is 7.89. The minimum absolute atomic E-state index is 0.0204. The van der Waals surface area contributed by atoms with Crippen molar-refractivity contribution in [2.24, 2.45) is 10.6 Å². The number of hydrogen-bond donors (Lipinski definition) is 1. The summed E-state index contributed by atoms with van der Waals surface area (Å²) in [4.78, 5) is 0. The highest BCUT2D eigenvalue weighted by atomic mass is 32.2. The monoisotopic (exact) mass is 276 g/mol. The van der Waals surface area contributed by atoms with E-state index < -0.39 is 10.0 Å². The quantitative estimate of drug-likeness (QED) is 0.825. The smallest absolute Gasteiger partial charge is 0.273 e. The van der Waals surface area contributed by atoms with Gasteiger partial charge in [-0.15, -0.1) is 10.2 Å². The summed E-state index contributed by atoms with van der Waals surface area (Å²) in [5, 5.41) is 12.5. The molecule has 0 aliphatic carbocycles. The number of hydrogen-bond acceptors (Lipinski definition) is 5. The third-order valence-electron chi connectivity index (χ3n) is 2.26. The Morgan fingerprint density at radius 1 is 1.33 bits per heavy atom. The van der Waals surface area contributed by atoms with Crippen LogP contribution < -0.4 is 5.14 Å². The molecule has 1 aromatic rings. The Morgan fingerprint density at radius 3 is 2.39 bits per heavy atom. The second-order valence-electron chi connectivity index (χ2n) is 5.33. The average molecular weight is 276 g/mol. The molecule has 0 fully saturated rings. The van der Waals surface area contributed by atoms with Crippen molar-refractivity contribution in [3.8, 4) is 0 Å². The molecule has 0 aliphatic rings. The van der Waals surface area contributed by atoms with Crippen LogP contribution in [0.5, 0.6) is 0 Å². The van der Waals surface area contributed by atoms with E-state index in [-0.39, 0.29) is 10.6 Å². The van der Waals surface area contributed by atoms with Crippen LogP contribution in [0.4, 0.5) is 0 Å². The van der Waals surface area contributed by atoms with E-state index >= 15 is 0 Å². The summed E-state index contributed by atoms with van der Waals surface area (Å²) < 4.78 is 29.3. The molecular formula is C10H20N4O3S. The van der Waals surface area contributed by atoms with Crippen molar-refractivity contribution in [1.29, 1.82) is 0 Å². The Hall–Kier alpha value is -0.990. The molecule has 0 unspecified atom stereocenters. The van der Waals surface area contributed by atoms with E-state index in [2.05, 4.69) is 10.2 Å². The van der Waals surface area contributed by atoms with Crippen molar-refractivity contribution in [2.75, 3.05) is 13.7 Å². The van der Waals surface area contributed by atoms with Gasteiger partial charge in [0.25, 0.3) is 15.2 Å². The van der Waals surface area contributed by atoms with E-state index in [1.54, 1.807) is 7.11 Å². The fourth-order valence-electron chi connectivity index (χ4n) is 1.54. The number of rotatable bonds is 5. The number of ether oxygens (including phenoxy) is 1. The summed E-state index contributed by atoms with van der Waals surface area (Å²) in [6.45, 7) is 6.86. The molecule has 0 atom stereocenters. The lowest BCUT2D eigenvalue weighted by molar-refractivity contribution is 0.182. The third-order valence-corrected chi connectivity index (χ3v) is 3.07. The van der Waals surface area contributed by atoms with E-state index in [9.17, 15) is 8.42 Å². The molecule has 0 saturated carbocycles. The largest absolute Gasteiger partial charge is 0.383 e. The van der Waals surface area contributed by atoms with Crippen molar-refractivity contribution < 1.29 is 13.2 Å². The van der Waals surface area contributed by atoms with Gasteiger partial charge in [0.15, 0.2) is 0 Å². The predicted molar refractivity (Wildman–Crippen MR) is 66.4 cm³/mol. The van der Waals surface area contributed by atoms with Gasteiger partial charge in [0.1, 0.15) is 5.82 Å². The van der Waals surface area contributed by atoms with Crippen molar-refractivity contribution in [1.82, 2.24) is 14.8 Å². The van der Waals surface area contributed by atoms with Gasteiger partial charge in [-0.05, 0) is 5.41 Å². The second kappa shape index (κ2) is 5.33. The molecule has 18 heavy (non-hydrogen) atoms. The number of primary sulfonamides is 1. The van der Waals surface area contributed by atoms with Crippen molar-refractivity contribution >= 4 is 10.0 Å². The molecule has 0 aromatic carbocycles. The van der Waals surface area contributed by atoms with Crippen LogP contribution in [0.2, 0.25) is 0 Å². The third kappa shape index (κ3) is 4.04. The average Bonchev–Trinajstić information content (AvgIpc) is 2.54. The van der Waals surface area contributed by atoms with E-state index in [0.29, 0.717) is 25.4 Å². The standard InChI is InChI=1S/C10H20N4O3S/c1-10(2,3)7-8-12-13-9(18(11,15)16)14(8)5-6-17-4/h5-7H2,1-4H3,(H2,11,15,16). The van der Waals surface area contributed by atoms with Gasteiger partial charge in [0.05, 0.1) is 6.61 Å². The van der Waals surface area contributed by atoms with Crippen LogP contribution in [0.3, 0.4) is 0 Å². The first-order valence-corrected chi connectivity index (χ1v) is 7.13. The molecule has 0 radical (unpaired) electrons. The van der Waals surface area contributed by atoms with Crippen molar-refractivity contribution in [2.45, 2.75) is 38.9 Å². The molecule has 0 saturated heterocycles. The Bertz CT molecular complexity index is 502. The summed E-state index contributed by atoms with van der Waals surface area (Å²) in [6, 6.07) is 0. The van der Waals surface area contributed by atoms with Gasteiger partial charge in [-0.2, -0.15) is 0 Å². The zero-order valence-electron chi connectivity index (χ0n) is 11.2. The second-order valence-corrected chi connectivity index (χ2v) is 6.78. The van der Waals surface area contributed by atoms with E-state index in [4.69, 9.17) is 9.88 Å². The maximum atomic E-state index is 11.4. The lowest BCUT2D eigenvalue weighted by atomic mass is 9.92. The van der Waals surface area contributed by atoms with Crippen LogP contribution in [-0.4, -0.2) is 36.9 Å². The van der Waals surface area contributed by atoms with Gasteiger partial charge in [-0.25, -0.2) is 13.6 Å². The van der Waals surface area contributed by atoms with Gasteiger partial charge < -0.3 is 4.74 Å². The van der Waals surface area contributed by atoms with Gasteiger partial charge >= 0.3 is 0 Å². The van der Waals surface area contributed by atoms with Gasteiger partial charge in [0, 0.05) is 20.1 Å². The zero-order valence-corrected chi connectivity index (χ0v) is 12.0. The summed E-state index contributed by atoms with van der Waals surface area (Å²) >= 11 is 0. The number of sulfonamides is 1. The maximum Gasteiger partial charge on any atom is 0.273 e. The highest BCUT2D eigenvalue weighted by Crippen LogP contribution is 2.20. The highest BCUT2D eigenvalue weighted by Gasteiger charge is 2.23. The normalized spacial score (nSPS) is 12.9. The minimum atomic E-state index is -3.86. The molecule has 1 rings (SSSR count). The fourth-order valence-corrected chi connectivity index (χ4v) is 2.20. The van der Waals surface area contributed by atoms with E-state index in [0.717, 1.165) is 0 Å². The minimum Gasteiger partial charge on any atom is -0.383 e. The fraction of sp³-hybridized carbons (Fsp3) is 0.800. The van der Waals surface area contributed by atoms with Crippen LogP contribution in [0.1, 0.15) is 26.6 Å². The summed E-state index contributed by atoms with van der Waals surface area (Å²) in [5.41, 5.74) is -0.0204. The van der Waals surface area contributed by atoms with Crippen LogP contribution in [0.15, 0.2) is 5.16 Å². The van der Waals surface area contributed by atoms with Gasteiger partial charge in [0.2, 0.25) is 0 Å². The topological polar surface area (TPSA) is 100 Å². The molecule has 0 spiro atoms. The van der Waals surface area contributed by atoms with Crippen LogP contribution in [0.25, 0.3) is 0 Å². The number of nitrogens with two attached hydrogens (primary N) is 1. The first-order chi connectivity index (χ1) is 8.15. The van der Waals surface area contributed by atoms with Crippen molar-refractivity contribution in [3.63, 3.8) is 0 Å². The number of aromatic nitrogens is 3. The van der Waals surface area contributed by atoms with Crippen molar-refractivity contribution in [3.05, 3.63) is 5.82 Å². The summed E-state index contributed by atoms with van der Waals surface area (Å²) in [7, 11) is -2.32. The molecule has 8 heteroatoms. The lowest BCUT2D eigenvalue weighted by Gasteiger charge is -2.18. The van der Waals surface area contributed by atoms with E-state index in [1.165, 1.54) is 4.57 Å². The molecule has 7 nitrogen and oxygen atoms in total. The number of nitrogens with zero attached hydrogens (tertiary/aromatic N) is 3. The van der Waals surface area contributed by atoms with Crippen LogP contribution in [-0.2, 0) is 27.7 Å². The Kier molecular flexibility index (Phi) is 4.46. The summed E-state index contributed by atoms with van der Waals surface area (Å²) in [5.74, 6) is 0.601. The number of methoxy groups -OCH3 is 1. The SMILES string of the molecule is COCCn1c(CC(C)(C)C)nnc1S(N)(=O)=O. The van der Waals surface area contributed by atoms with Gasteiger partial charge in [-0.3, -0.25) is 4.57 Å². The molecule has 0 amide bonds. The predicted octanol–water partition coefficient (Wildman–Crippen LogP) is 0.161. The van der Waals surface area contributed by atoms with Gasteiger partial charge in [-0.1, -0.05) is 20.8 Å². The van der Waals surface area contributed by atoms with Crippen LogP contribution >= 0.6 is 0 Å². The van der Waals surface area contributed by atoms with Crippen LogP contribution in [0, 0.1) is 5.41 Å². The Labute approximate surface area is 107 Å². The molecule has 104 valence electrons. The Balaban J connectivity index is 3.15. The molecule has 1 aromatic heterocycles. The van der Waals surface area contributed by atoms with E-state index in [1.807, 2.05) is 20.8 Å². The molecule has 2 N–H and O–H groups in total. The molecule has 1 heterocycles. The molecule has 0 bridgehead atoms. The maximum absolute atomic E-state index is 11.4. The molecule has 0 aliphatic heterocycles. The zero-order chi connectivity index (χ0) is 14.0. The Morgan fingerprint density at radius 2 is 1.94 bits per heavy atom. The summed E-state index contributed by atoms with van der Waals surface area (Å²) in [6.07, 6.45) is 0.610. The lowest BCUT2D eigenvalue weighted by Crippen LogP contribution is -2.22. The first kappa shape index (κ1) is 15.1. The first-order valence-electron chi connectivity index (χ1n) is 5.59. The molecular weight excluding hydrogens is 256 g/mol.